The first-order valence-electron chi connectivity index (χ1n) is 9.25. The molecule has 4 rings (SSSR count). The number of aromatic carboxylic acids is 1. The van der Waals surface area contributed by atoms with Crippen LogP contribution in [0.4, 0.5) is 0 Å². The van der Waals surface area contributed by atoms with E-state index in [1.54, 1.807) is 30.3 Å². The number of nitrogens with one attached hydrogen (secondary N) is 1. The van der Waals surface area contributed by atoms with Crippen molar-refractivity contribution in [3.05, 3.63) is 47.7 Å². The zero-order valence-corrected chi connectivity index (χ0v) is 15.1. The monoisotopic (exact) mass is 366 g/mol. The van der Waals surface area contributed by atoms with Crippen molar-refractivity contribution in [2.24, 2.45) is 22.4 Å². The number of benzene rings is 1. The summed E-state index contributed by atoms with van der Waals surface area (Å²) in [5.74, 6) is 0.613. The molecule has 1 heterocycles. The highest BCUT2D eigenvalue weighted by atomic mass is 16.4. The van der Waals surface area contributed by atoms with Gasteiger partial charge in [-0.05, 0) is 48.4 Å². The van der Waals surface area contributed by atoms with Crippen LogP contribution in [-0.2, 0) is 4.79 Å². The lowest BCUT2D eigenvalue weighted by molar-refractivity contribution is -0.123. The molecule has 2 aliphatic rings. The minimum atomic E-state index is -0.984. The number of carbonyl (C=O) groups excluding carboxylic acids is 1. The summed E-state index contributed by atoms with van der Waals surface area (Å²) in [4.78, 5) is 23.5. The smallest absolute Gasteiger partial charge is 0.335 e. The molecule has 0 saturated heterocycles. The first-order valence-corrected chi connectivity index (χ1v) is 9.25. The fraction of sp³-hybridized carbons (Fsp3) is 0.381. The van der Waals surface area contributed by atoms with Gasteiger partial charge in [-0.1, -0.05) is 31.9 Å². The number of hydrazone groups is 1. The van der Waals surface area contributed by atoms with E-state index in [-0.39, 0.29) is 22.8 Å². The van der Waals surface area contributed by atoms with E-state index in [4.69, 9.17) is 9.52 Å². The molecule has 0 radical (unpaired) electrons. The average molecular weight is 366 g/mol. The van der Waals surface area contributed by atoms with E-state index in [1.165, 1.54) is 25.1 Å². The Morgan fingerprint density at radius 2 is 2.15 bits per heavy atom. The molecule has 0 bridgehead atoms. The van der Waals surface area contributed by atoms with Crippen molar-refractivity contribution in [3.63, 3.8) is 0 Å². The molecule has 0 aliphatic heterocycles. The Kier molecular flexibility index (Phi) is 4.34. The second-order valence-electron chi connectivity index (χ2n) is 7.66. The second kappa shape index (κ2) is 6.68. The second-order valence-corrected chi connectivity index (χ2v) is 7.66. The number of hydrogen-bond acceptors (Lipinski definition) is 4. The van der Waals surface area contributed by atoms with Crippen LogP contribution in [0.3, 0.4) is 0 Å². The van der Waals surface area contributed by atoms with E-state index in [0.29, 0.717) is 23.0 Å². The third kappa shape index (κ3) is 3.27. The first-order chi connectivity index (χ1) is 13.0. The molecule has 2 aliphatic carbocycles. The SMILES string of the molecule is C[C@]12CCCC[C@@H]1[C@H]2C(=O)N/N=C/c1ccc(-c2cccc(C(=O)O)c2)o1. The molecular weight excluding hydrogens is 344 g/mol. The molecule has 2 aromatic rings. The lowest BCUT2D eigenvalue weighted by atomic mass is 9.90. The van der Waals surface area contributed by atoms with Crippen molar-refractivity contribution < 1.29 is 19.1 Å². The maximum Gasteiger partial charge on any atom is 0.335 e. The van der Waals surface area contributed by atoms with Gasteiger partial charge in [0.15, 0.2) is 0 Å². The topological polar surface area (TPSA) is 91.9 Å². The van der Waals surface area contributed by atoms with Gasteiger partial charge in [0.05, 0.1) is 11.8 Å². The largest absolute Gasteiger partial charge is 0.478 e. The van der Waals surface area contributed by atoms with E-state index in [0.717, 1.165) is 12.8 Å². The lowest BCUT2D eigenvalue weighted by Gasteiger charge is -2.15. The number of rotatable bonds is 5. The van der Waals surface area contributed by atoms with Crippen LogP contribution in [-0.4, -0.2) is 23.2 Å². The average Bonchev–Trinajstić information content (AvgIpc) is 3.03. The molecule has 140 valence electrons. The van der Waals surface area contributed by atoms with Crippen LogP contribution < -0.4 is 5.43 Å². The zero-order chi connectivity index (χ0) is 19.0. The van der Waals surface area contributed by atoms with Gasteiger partial charge in [-0.2, -0.15) is 5.10 Å². The Morgan fingerprint density at radius 1 is 1.30 bits per heavy atom. The Labute approximate surface area is 157 Å². The van der Waals surface area contributed by atoms with Crippen LogP contribution >= 0.6 is 0 Å². The van der Waals surface area contributed by atoms with Crippen molar-refractivity contribution in [2.75, 3.05) is 0 Å². The zero-order valence-electron chi connectivity index (χ0n) is 15.1. The molecule has 0 spiro atoms. The molecule has 1 aromatic heterocycles. The fourth-order valence-electron chi connectivity index (χ4n) is 4.46. The van der Waals surface area contributed by atoms with Gasteiger partial charge in [-0.15, -0.1) is 0 Å². The number of hydrogen-bond donors (Lipinski definition) is 2. The summed E-state index contributed by atoms with van der Waals surface area (Å²) in [5, 5.41) is 13.1. The van der Waals surface area contributed by atoms with Gasteiger partial charge in [0.25, 0.3) is 0 Å². The molecule has 2 fully saturated rings. The lowest BCUT2D eigenvalue weighted by Crippen LogP contribution is -2.22. The molecule has 1 amide bonds. The van der Waals surface area contributed by atoms with Gasteiger partial charge in [0.2, 0.25) is 5.91 Å². The van der Waals surface area contributed by atoms with Crippen molar-refractivity contribution in [1.82, 2.24) is 5.43 Å². The Hall–Kier alpha value is -2.89. The number of carboxylic acids is 1. The number of carboxylic acid groups (broad SMARTS) is 1. The quantitative estimate of drug-likeness (QED) is 0.620. The predicted octanol–water partition coefficient (Wildman–Crippen LogP) is 3.92. The summed E-state index contributed by atoms with van der Waals surface area (Å²) < 4.78 is 5.68. The number of carbonyl (C=O) groups is 2. The maximum atomic E-state index is 12.4. The maximum absolute atomic E-state index is 12.4. The summed E-state index contributed by atoms with van der Waals surface area (Å²) in [5.41, 5.74) is 3.67. The Morgan fingerprint density at radius 3 is 2.89 bits per heavy atom. The van der Waals surface area contributed by atoms with Gasteiger partial charge in [-0.3, -0.25) is 4.79 Å². The van der Waals surface area contributed by atoms with Crippen LogP contribution in [0.1, 0.15) is 48.7 Å². The highest BCUT2D eigenvalue weighted by Gasteiger charge is 2.64. The Balaban J connectivity index is 1.39. The highest BCUT2D eigenvalue weighted by Crippen LogP contribution is 2.66. The van der Waals surface area contributed by atoms with Gasteiger partial charge < -0.3 is 9.52 Å². The molecule has 1 aromatic carbocycles. The standard InChI is InChI=1S/C21H22N2O4/c1-21-10-3-2-7-16(21)18(21)19(24)23-22-12-15-8-9-17(27-15)13-5-4-6-14(11-13)20(25)26/h4-6,8-9,11-12,16,18H,2-3,7,10H2,1H3,(H,23,24)(H,25,26)/b22-12+/t16-,18+,21+/m1/s1. The van der Waals surface area contributed by atoms with E-state index in [9.17, 15) is 9.59 Å². The van der Waals surface area contributed by atoms with Crippen LogP contribution in [0, 0.1) is 17.3 Å². The number of fused-ring (bicyclic) bond motifs is 1. The van der Waals surface area contributed by atoms with Crippen molar-refractivity contribution in [3.8, 4) is 11.3 Å². The molecule has 2 N–H and O–H groups in total. The normalized spacial score (nSPS) is 26.6. The van der Waals surface area contributed by atoms with E-state index in [1.807, 2.05) is 0 Å². The summed E-state index contributed by atoms with van der Waals surface area (Å²) in [6.45, 7) is 2.20. The third-order valence-corrected chi connectivity index (χ3v) is 6.00. The van der Waals surface area contributed by atoms with Crippen LogP contribution in [0.15, 0.2) is 45.9 Å². The van der Waals surface area contributed by atoms with Gasteiger partial charge in [-0.25, -0.2) is 10.2 Å². The number of furan rings is 1. The van der Waals surface area contributed by atoms with Crippen LogP contribution in [0.5, 0.6) is 0 Å². The van der Waals surface area contributed by atoms with Crippen molar-refractivity contribution >= 4 is 18.1 Å². The number of nitrogens with zero attached hydrogens (tertiary/aromatic N) is 1. The van der Waals surface area contributed by atoms with Crippen molar-refractivity contribution in [2.45, 2.75) is 32.6 Å². The molecule has 6 nitrogen and oxygen atoms in total. The number of amides is 1. The highest BCUT2D eigenvalue weighted by molar-refractivity contribution is 5.89. The molecule has 3 atom stereocenters. The van der Waals surface area contributed by atoms with E-state index in [2.05, 4.69) is 17.5 Å². The molecule has 2 saturated carbocycles. The Bertz CT molecular complexity index is 916. The summed E-state index contributed by atoms with van der Waals surface area (Å²) in [6, 6.07) is 10.0. The van der Waals surface area contributed by atoms with Crippen LogP contribution in [0.2, 0.25) is 0 Å². The van der Waals surface area contributed by atoms with Gasteiger partial charge in [0.1, 0.15) is 11.5 Å². The van der Waals surface area contributed by atoms with Gasteiger partial charge in [0, 0.05) is 11.5 Å². The minimum Gasteiger partial charge on any atom is -0.478 e. The summed E-state index contributed by atoms with van der Waals surface area (Å²) in [6.07, 6.45) is 6.15. The molecule has 6 heteroatoms. The molecule has 0 unspecified atom stereocenters. The predicted molar refractivity (Wildman–Crippen MR) is 100 cm³/mol. The minimum absolute atomic E-state index is 0.0124. The van der Waals surface area contributed by atoms with Crippen LogP contribution in [0.25, 0.3) is 11.3 Å². The van der Waals surface area contributed by atoms with E-state index < -0.39 is 5.97 Å². The van der Waals surface area contributed by atoms with Gasteiger partial charge >= 0.3 is 5.97 Å². The van der Waals surface area contributed by atoms with E-state index >= 15 is 0 Å². The molecule has 27 heavy (non-hydrogen) atoms. The summed E-state index contributed by atoms with van der Waals surface area (Å²) >= 11 is 0. The molecular formula is C21H22N2O4. The van der Waals surface area contributed by atoms with Crippen molar-refractivity contribution in [1.29, 1.82) is 0 Å². The first kappa shape index (κ1) is 17.5. The summed E-state index contributed by atoms with van der Waals surface area (Å²) in [7, 11) is 0. The third-order valence-electron chi connectivity index (χ3n) is 6.00. The fourth-order valence-corrected chi connectivity index (χ4v) is 4.46.